The average molecular weight is 278 g/mol. The summed E-state index contributed by atoms with van der Waals surface area (Å²) in [6.07, 6.45) is 0.339. The van der Waals surface area contributed by atoms with E-state index in [0.29, 0.717) is 24.9 Å². The molecule has 1 saturated heterocycles. The molecule has 0 aromatic rings. The van der Waals surface area contributed by atoms with Gasteiger partial charge in [-0.05, 0) is 20.4 Å². The molecule has 17 heavy (non-hydrogen) atoms. The molecular formula is C11H26O4Si2. The van der Waals surface area contributed by atoms with Gasteiger partial charge in [-0.3, -0.25) is 0 Å². The summed E-state index contributed by atoms with van der Waals surface area (Å²) in [5.74, 6) is 0. The molecule has 1 aliphatic rings. The van der Waals surface area contributed by atoms with E-state index < -0.39 is 8.56 Å². The lowest BCUT2D eigenvalue weighted by Gasteiger charge is -2.35. The molecule has 1 fully saturated rings. The Morgan fingerprint density at radius 2 is 1.88 bits per heavy atom. The molecule has 0 radical (unpaired) electrons. The van der Waals surface area contributed by atoms with Crippen LogP contribution < -0.4 is 0 Å². The van der Waals surface area contributed by atoms with E-state index in [9.17, 15) is 0 Å². The molecule has 4 nitrogen and oxygen atoms in total. The van der Waals surface area contributed by atoms with Gasteiger partial charge in [-0.15, -0.1) is 0 Å². The molecule has 6 heteroatoms. The van der Waals surface area contributed by atoms with Gasteiger partial charge < -0.3 is 18.3 Å². The van der Waals surface area contributed by atoms with Crippen LogP contribution in [-0.4, -0.2) is 57.1 Å². The quantitative estimate of drug-likeness (QED) is 0.458. The van der Waals surface area contributed by atoms with Crippen LogP contribution in [0.1, 0.15) is 20.8 Å². The van der Waals surface area contributed by atoms with E-state index in [2.05, 4.69) is 13.5 Å². The second kappa shape index (κ2) is 7.01. The minimum Gasteiger partial charge on any atom is -0.394 e. The van der Waals surface area contributed by atoms with Gasteiger partial charge in [0.25, 0.3) is 0 Å². The molecule has 3 atom stereocenters. The molecule has 2 unspecified atom stereocenters. The zero-order valence-electron chi connectivity index (χ0n) is 11.7. The lowest BCUT2D eigenvalue weighted by molar-refractivity contribution is 0.0732. The molecular weight excluding hydrogens is 252 g/mol. The van der Waals surface area contributed by atoms with Gasteiger partial charge in [0.05, 0.1) is 13.2 Å². The fraction of sp³-hybridized carbons (Fsp3) is 1.00. The number of hydrogen-bond donors (Lipinski definition) is 0. The first-order valence-corrected chi connectivity index (χ1v) is 10.1. The number of rotatable bonds is 9. The van der Waals surface area contributed by atoms with Crippen molar-refractivity contribution in [3.8, 4) is 0 Å². The highest BCUT2D eigenvalue weighted by Gasteiger charge is 2.41. The van der Waals surface area contributed by atoms with Crippen LogP contribution in [0.25, 0.3) is 0 Å². The summed E-state index contributed by atoms with van der Waals surface area (Å²) in [5.41, 5.74) is 0.654. The second-order valence-corrected chi connectivity index (χ2v) is 9.32. The summed E-state index contributed by atoms with van der Waals surface area (Å²) < 4.78 is 22.8. The molecule has 0 spiro atoms. The van der Waals surface area contributed by atoms with Gasteiger partial charge in [0.2, 0.25) is 0 Å². The van der Waals surface area contributed by atoms with Crippen molar-refractivity contribution < 1.29 is 18.3 Å². The lowest BCUT2D eigenvalue weighted by Crippen LogP contribution is -2.48. The van der Waals surface area contributed by atoms with Crippen LogP contribution in [0.15, 0.2) is 0 Å². The van der Waals surface area contributed by atoms with E-state index >= 15 is 0 Å². The summed E-state index contributed by atoms with van der Waals surface area (Å²) in [4.78, 5) is 0. The van der Waals surface area contributed by atoms with E-state index in [4.69, 9.17) is 18.3 Å². The Kier molecular flexibility index (Phi) is 6.32. The van der Waals surface area contributed by atoms with Crippen molar-refractivity contribution in [2.24, 2.45) is 0 Å². The smallest absolute Gasteiger partial charge is 0.340 e. The first-order valence-electron chi connectivity index (χ1n) is 6.54. The maximum atomic E-state index is 5.90. The molecule has 102 valence electrons. The van der Waals surface area contributed by atoms with Crippen LogP contribution in [0.5, 0.6) is 0 Å². The molecule has 1 aliphatic heterocycles. The maximum absolute atomic E-state index is 5.90. The van der Waals surface area contributed by atoms with E-state index in [1.807, 2.05) is 13.8 Å². The minimum atomic E-state index is -2.10. The Balaban J connectivity index is 2.45. The summed E-state index contributed by atoms with van der Waals surface area (Å²) in [5, 5.41) is 0. The van der Waals surface area contributed by atoms with Crippen molar-refractivity contribution >= 4 is 18.8 Å². The van der Waals surface area contributed by atoms with Gasteiger partial charge in [0.15, 0.2) is 0 Å². The zero-order chi connectivity index (χ0) is 12.9. The van der Waals surface area contributed by atoms with Gasteiger partial charge in [-0.25, -0.2) is 0 Å². The van der Waals surface area contributed by atoms with Gasteiger partial charge in [0, 0.05) is 34.7 Å². The van der Waals surface area contributed by atoms with Crippen LogP contribution in [0.4, 0.5) is 0 Å². The van der Waals surface area contributed by atoms with Gasteiger partial charge in [-0.1, -0.05) is 6.92 Å². The third kappa shape index (κ3) is 4.80. The van der Waals surface area contributed by atoms with E-state index in [-0.39, 0.29) is 5.73 Å². The number of ether oxygens (including phenoxy) is 2. The molecule has 0 saturated carbocycles. The Morgan fingerprint density at radius 3 is 2.29 bits per heavy atom. The van der Waals surface area contributed by atoms with E-state index in [0.717, 1.165) is 23.5 Å². The lowest BCUT2D eigenvalue weighted by atomic mass is 10.5. The fourth-order valence-electron chi connectivity index (χ4n) is 1.87. The highest BCUT2D eigenvalue weighted by atomic mass is 28.4. The van der Waals surface area contributed by atoms with Crippen molar-refractivity contribution in [3.05, 3.63) is 0 Å². The zero-order valence-corrected chi connectivity index (χ0v) is 14.7. The van der Waals surface area contributed by atoms with Crippen molar-refractivity contribution in [2.75, 3.05) is 26.4 Å². The highest BCUT2D eigenvalue weighted by Crippen LogP contribution is 2.28. The number of epoxide rings is 1. The van der Waals surface area contributed by atoms with Crippen molar-refractivity contribution in [1.29, 1.82) is 0 Å². The van der Waals surface area contributed by atoms with Crippen LogP contribution in [0, 0.1) is 0 Å². The predicted molar refractivity (Wildman–Crippen MR) is 73.7 cm³/mol. The Labute approximate surface area is 109 Å². The maximum Gasteiger partial charge on any atom is 0.340 e. The van der Waals surface area contributed by atoms with Gasteiger partial charge in [0.1, 0.15) is 6.10 Å². The Hall–Kier alpha value is 0.274. The third-order valence-corrected chi connectivity index (χ3v) is 9.19. The normalized spacial score (nSPS) is 23.6. The van der Waals surface area contributed by atoms with E-state index in [1.54, 1.807) is 0 Å². The summed E-state index contributed by atoms with van der Waals surface area (Å²) in [6.45, 7) is 11.4. The standard InChI is InChI=1S/C11H26O4Si2/c1-5-14-17(4,15-6-2)9(3)11(16)13-8-10-7-12-10/h9-11H,5-8H2,1-4,16H3/t9?,10?,11-/m0/s1. The SMILES string of the molecule is CCO[Si](C)(OCC)C(C)[C@H]([SiH3])OCC1CO1. The van der Waals surface area contributed by atoms with Crippen LogP contribution in [-0.2, 0) is 18.3 Å². The predicted octanol–water partition coefficient (Wildman–Crippen LogP) is 0.628. The Morgan fingerprint density at radius 1 is 1.35 bits per heavy atom. The fourth-order valence-corrected chi connectivity index (χ4v) is 6.59. The molecule has 1 rings (SSSR count). The summed E-state index contributed by atoms with van der Waals surface area (Å²) in [7, 11) is -1.10. The Bertz CT molecular complexity index is 218. The molecule has 0 bridgehead atoms. The molecule has 0 aromatic heterocycles. The topological polar surface area (TPSA) is 40.2 Å². The molecule has 0 aromatic carbocycles. The summed E-state index contributed by atoms with van der Waals surface area (Å²) in [6, 6.07) is 0. The van der Waals surface area contributed by atoms with Crippen LogP contribution in [0.3, 0.4) is 0 Å². The average Bonchev–Trinajstić information content (AvgIpc) is 3.09. The summed E-state index contributed by atoms with van der Waals surface area (Å²) >= 11 is 0. The molecule has 0 amide bonds. The van der Waals surface area contributed by atoms with Gasteiger partial charge >= 0.3 is 8.56 Å². The second-order valence-electron chi connectivity index (χ2n) is 4.66. The van der Waals surface area contributed by atoms with Crippen LogP contribution in [0.2, 0.25) is 12.1 Å². The van der Waals surface area contributed by atoms with Crippen molar-refractivity contribution in [3.63, 3.8) is 0 Å². The first kappa shape index (κ1) is 15.3. The van der Waals surface area contributed by atoms with Crippen LogP contribution >= 0.6 is 0 Å². The third-order valence-electron chi connectivity index (χ3n) is 3.34. The van der Waals surface area contributed by atoms with Crippen molar-refractivity contribution in [1.82, 2.24) is 0 Å². The highest BCUT2D eigenvalue weighted by molar-refractivity contribution is 6.68. The van der Waals surface area contributed by atoms with E-state index in [1.165, 1.54) is 0 Å². The largest absolute Gasteiger partial charge is 0.394 e. The monoisotopic (exact) mass is 278 g/mol. The minimum absolute atomic E-state index is 0.286. The number of hydrogen-bond acceptors (Lipinski definition) is 4. The first-order chi connectivity index (χ1) is 8.03. The van der Waals surface area contributed by atoms with Crippen molar-refractivity contribution in [2.45, 2.75) is 44.7 Å². The molecule has 0 N–H and O–H groups in total. The van der Waals surface area contributed by atoms with Gasteiger partial charge in [-0.2, -0.15) is 0 Å². The molecule has 0 aliphatic carbocycles. The molecule has 1 heterocycles.